The average molecular weight is 386 g/mol. The number of amides is 1. The maximum Gasteiger partial charge on any atom is 0.237 e. The first-order valence-corrected chi connectivity index (χ1v) is 10.7. The van der Waals surface area contributed by atoms with E-state index in [1.54, 1.807) is 0 Å². The van der Waals surface area contributed by atoms with Gasteiger partial charge in [-0.2, -0.15) is 0 Å². The zero-order chi connectivity index (χ0) is 18.8. The van der Waals surface area contributed by atoms with Crippen LogP contribution in [0.25, 0.3) is 0 Å². The Morgan fingerprint density at radius 1 is 1.15 bits per heavy atom. The second-order valence-corrected chi connectivity index (χ2v) is 8.83. The quantitative estimate of drug-likeness (QED) is 0.766. The molecule has 2 fully saturated rings. The molecule has 0 bridgehead atoms. The zero-order valence-electron chi connectivity index (χ0n) is 16.0. The van der Waals surface area contributed by atoms with Gasteiger partial charge in [0, 0.05) is 37.4 Å². The summed E-state index contributed by atoms with van der Waals surface area (Å²) in [7, 11) is 1.99. The zero-order valence-corrected chi connectivity index (χ0v) is 16.8. The molecule has 0 unspecified atom stereocenters. The highest BCUT2D eigenvalue weighted by molar-refractivity contribution is 8.00. The van der Waals surface area contributed by atoms with E-state index in [0.29, 0.717) is 5.92 Å². The van der Waals surface area contributed by atoms with Gasteiger partial charge in [0.15, 0.2) is 5.16 Å². The Balaban J connectivity index is 1.34. The fourth-order valence-corrected chi connectivity index (χ4v) is 4.31. The van der Waals surface area contributed by atoms with E-state index in [9.17, 15) is 4.79 Å². The van der Waals surface area contributed by atoms with Crippen molar-refractivity contribution in [2.45, 2.75) is 55.4 Å². The summed E-state index contributed by atoms with van der Waals surface area (Å²) in [5.74, 6) is 1.58. The molecule has 1 aromatic heterocycles. The molecule has 4 rings (SSSR count). The Bertz CT molecular complexity index is 793. The summed E-state index contributed by atoms with van der Waals surface area (Å²) in [5.41, 5.74) is 2.08. The van der Waals surface area contributed by atoms with Crippen LogP contribution in [0.15, 0.2) is 29.4 Å². The normalized spacial score (nSPS) is 18.4. The van der Waals surface area contributed by atoms with Gasteiger partial charge in [-0.25, -0.2) is 0 Å². The van der Waals surface area contributed by atoms with E-state index >= 15 is 0 Å². The van der Waals surface area contributed by atoms with Crippen LogP contribution in [0.3, 0.4) is 0 Å². The molecule has 27 heavy (non-hydrogen) atoms. The number of nitrogens with zero attached hydrogens (tertiary/aromatic N) is 4. The van der Waals surface area contributed by atoms with E-state index in [1.165, 1.54) is 49.6 Å². The number of nitrogens with one attached hydrogen (secondary N) is 1. The lowest BCUT2D eigenvalue weighted by Crippen LogP contribution is -2.29. The lowest BCUT2D eigenvalue weighted by Gasteiger charge is -2.28. The Morgan fingerprint density at radius 2 is 1.85 bits per heavy atom. The molecule has 2 heterocycles. The molecule has 0 radical (unpaired) electrons. The number of piperidine rings is 1. The number of anilines is 2. The van der Waals surface area contributed by atoms with Crippen molar-refractivity contribution in [3.8, 4) is 0 Å². The van der Waals surface area contributed by atoms with Gasteiger partial charge in [-0.3, -0.25) is 4.79 Å². The third-order valence-electron chi connectivity index (χ3n) is 5.32. The predicted octanol–water partition coefficient (Wildman–Crippen LogP) is 3.80. The van der Waals surface area contributed by atoms with Crippen LogP contribution in [0.4, 0.5) is 11.4 Å². The standard InChI is InChI=1S/C20H27N5OS/c1-14(27-20-23-22-18(24(20)2)15-6-7-15)19(26)21-16-8-10-17(11-9-16)25-12-4-3-5-13-25/h8-11,14-15H,3-7,12-13H2,1-2H3,(H,21,26)/t14-/m1/s1. The third kappa shape index (κ3) is 4.29. The van der Waals surface area contributed by atoms with Crippen molar-refractivity contribution in [3.63, 3.8) is 0 Å². The first-order valence-electron chi connectivity index (χ1n) is 9.83. The number of aromatic nitrogens is 3. The largest absolute Gasteiger partial charge is 0.372 e. The molecule has 1 amide bonds. The monoisotopic (exact) mass is 385 g/mol. The van der Waals surface area contributed by atoms with E-state index in [1.807, 2.05) is 30.7 Å². The van der Waals surface area contributed by atoms with Gasteiger partial charge in [-0.05, 0) is 63.3 Å². The number of thioether (sulfide) groups is 1. The summed E-state index contributed by atoms with van der Waals surface area (Å²) >= 11 is 1.46. The van der Waals surface area contributed by atoms with Crippen LogP contribution in [0.5, 0.6) is 0 Å². The van der Waals surface area contributed by atoms with Gasteiger partial charge < -0.3 is 14.8 Å². The fraction of sp³-hybridized carbons (Fsp3) is 0.550. The van der Waals surface area contributed by atoms with Gasteiger partial charge in [0.25, 0.3) is 0 Å². The Morgan fingerprint density at radius 3 is 2.52 bits per heavy atom. The maximum atomic E-state index is 12.6. The highest BCUT2D eigenvalue weighted by Gasteiger charge is 2.30. The number of benzene rings is 1. The lowest BCUT2D eigenvalue weighted by atomic mass is 10.1. The van der Waals surface area contributed by atoms with Gasteiger partial charge >= 0.3 is 0 Å². The van der Waals surface area contributed by atoms with Crippen LogP contribution >= 0.6 is 11.8 Å². The number of carbonyl (C=O) groups excluding carboxylic acids is 1. The first kappa shape index (κ1) is 18.3. The molecule has 2 aliphatic rings. The van der Waals surface area contributed by atoms with Crippen LogP contribution in [0.1, 0.15) is 50.8 Å². The Labute approximate surface area is 164 Å². The van der Waals surface area contributed by atoms with E-state index in [0.717, 1.165) is 29.8 Å². The van der Waals surface area contributed by atoms with Crippen molar-refractivity contribution in [3.05, 3.63) is 30.1 Å². The van der Waals surface area contributed by atoms with E-state index in [2.05, 4.69) is 32.5 Å². The summed E-state index contributed by atoms with van der Waals surface area (Å²) in [6.07, 6.45) is 6.24. The van der Waals surface area contributed by atoms with Crippen LogP contribution in [-0.2, 0) is 11.8 Å². The third-order valence-corrected chi connectivity index (χ3v) is 6.45. The minimum absolute atomic E-state index is 0.0123. The van der Waals surface area contributed by atoms with Crippen molar-refractivity contribution in [1.29, 1.82) is 0 Å². The molecular weight excluding hydrogens is 358 g/mol. The first-order chi connectivity index (χ1) is 13.1. The molecule has 1 saturated heterocycles. The average Bonchev–Trinajstić information content (AvgIpc) is 3.47. The van der Waals surface area contributed by atoms with Crippen molar-refractivity contribution >= 4 is 29.0 Å². The molecule has 7 heteroatoms. The van der Waals surface area contributed by atoms with E-state index in [-0.39, 0.29) is 11.2 Å². The summed E-state index contributed by atoms with van der Waals surface area (Å²) in [6.45, 7) is 4.16. The molecule has 1 saturated carbocycles. The minimum atomic E-state index is -0.235. The molecule has 144 valence electrons. The number of rotatable bonds is 6. The van der Waals surface area contributed by atoms with Gasteiger partial charge in [-0.1, -0.05) is 11.8 Å². The van der Waals surface area contributed by atoms with Gasteiger partial charge in [-0.15, -0.1) is 10.2 Å². The molecular formula is C20H27N5OS. The number of carbonyl (C=O) groups is 1. The molecule has 0 spiro atoms. The van der Waals surface area contributed by atoms with Crippen molar-refractivity contribution < 1.29 is 4.79 Å². The number of hydrogen-bond acceptors (Lipinski definition) is 5. The highest BCUT2D eigenvalue weighted by atomic mass is 32.2. The second kappa shape index (κ2) is 7.92. The number of hydrogen-bond donors (Lipinski definition) is 1. The Kier molecular flexibility index (Phi) is 5.38. The van der Waals surface area contributed by atoms with Crippen LogP contribution < -0.4 is 10.2 Å². The van der Waals surface area contributed by atoms with Crippen molar-refractivity contribution in [2.75, 3.05) is 23.3 Å². The fourth-order valence-electron chi connectivity index (χ4n) is 3.49. The Hall–Kier alpha value is -2.02. The molecule has 1 aromatic carbocycles. The van der Waals surface area contributed by atoms with Crippen LogP contribution in [0, 0.1) is 0 Å². The molecule has 6 nitrogen and oxygen atoms in total. The van der Waals surface area contributed by atoms with Crippen molar-refractivity contribution in [1.82, 2.24) is 14.8 Å². The summed E-state index contributed by atoms with van der Waals surface area (Å²) in [6, 6.07) is 8.19. The summed E-state index contributed by atoms with van der Waals surface area (Å²) in [4.78, 5) is 15.0. The van der Waals surface area contributed by atoms with Crippen LogP contribution in [0.2, 0.25) is 0 Å². The lowest BCUT2D eigenvalue weighted by molar-refractivity contribution is -0.115. The SMILES string of the molecule is C[C@@H](Sc1nnc(C2CC2)n1C)C(=O)Nc1ccc(N2CCCCC2)cc1. The maximum absolute atomic E-state index is 12.6. The van der Waals surface area contributed by atoms with Gasteiger partial charge in [0.05, 0.1) is 5.25 Å². The van der Waals surface area contributed by atoms with E-state index in [4.69, 9.17) is 0 Å². The summed E-state index contributed by atoms with van der Waals surface area (Å²) < 4.78 is 2.03. The molecule has 1 atom stereocenters. The van der Waals surface area contributed by atoms with Gasteiger partial charge in [0.1, 0.15) is 5.82 Å². The highest BCUT2D eigenvalue weighted by Crippen LogP contribution is 2.39. The second-order valence-electron chi connectivity index (χ2n) is 7.52. The smallest absolute Gasteiger partial charge is 0.237 e. The van der Waals surface area contributed by atoms with Crippen molar-refractivity contribution in [2.24, 2.45) is 7.05 Å². The van der Waals surface area contributed by atoms with Crippen LogP contribution in [-0.4, -0.2) is 39.0 Å². The summed E-state index contributed by atoms with van der Waals surface area (Å²) in [5, 5.41) is 12.1. The predicted molar refractivity (Wildman–Crippen MR) is 109 cm³/mol. The molecule has 1 N–H and O–H groups in total. The molecule has 1 aliphatic heterocycles. The minimum Gasteiger partial charge on any atom is -0.372 e. The van der Waals surface area contributed by atoms with Gasteiger partial charge in [0.2, 0.25) is 5.91 Å². The molecule has 2 aromatic rings. The van der Waals surface area contributed by atoms with E-state index < -0.39 is 0 Å². The topological polar surface area (TPSA) is 63.1 Å². The molecule has 1 aliphatic carbocycles.